The topological polar surface area (TPSA) is 71.8 Å². The molecule has 0 fully saturated rings. The van der Waals surface area contributed by atoms with E-state index < -0.39 is 0 Å². The van der Waals surface area contributed by atoms with Crippen LogP contribution < -0.4 is 10.6 Å². The minimum absolute atomic E-state index is 0.0586. The molecule has 6 nitrogen and oxygen atoms in total. The number of rotatable bonds is 3. The van der Waals surface area contributed by atoms with Gasteiger partial charge in [0.2, 0.25) is 5.91 Å². The minimum atomic E-state index is -0.0586. The van der Waals surface area contributed by atoms with Crippen molar-refractivity contribution in [1.29, 1.82) is 0 Å². The summed E-state index contributed by atoms with van der Waals surface area (Å²) in [6, 6.07) is 7.73. The summed E-state index contributed by atoms with van der Waals surface area (Å²) in [5.74, 6) is -0.0586. The number of anilines is 1. The van der Waals surface area contributed by atoms with Crippen molar-refractivity contribution in [3.8, 4) is 5.69 Å². The smallest absolute Gasteiger partial charge is 0.246 e. The van der Waals surface area contributed by atoms with E-state index in [0.29, 0.717) is 6.54 Å². The summed E-state index contributed by atoms with van der Waals surface area (Å²) in [6.45, 7) is 0.545. The van der Waals surface area contributed by atoms with E-state index in [4.69, 9.17) is 0 Å². The van der Waals surface area contributed by atoms with Gasteiger partial charge in [-0.2, -0.15) is 5.10 Å². The Kier molecular flexibility index (Phi) is 2.53. The molecule has 90 valence electrons. The lowest BCUT2D eigenvalue weighted by atomic mass is 10.2. The molecule has 2 heterocycles. The van der Waals surface area contributed by atoms with Crippen LogP contribution in [0.2, 0.25) is 0 Å². The van der Waals surface area contributed by atoms with E-state index in [9.17, 15) is 4.79 Å². The fraction of sp³-hybridized carbons (Fsp3) is 0.0833. The van der Waals surface area contributed by atoms with Gasteiger partial charge >= 0.3 is 0 Å². The summed E-state index contributed by atoms with van der Waals surface area (Å²) < 4.78 is 1.68. The highest BCUT2D eigenvalue weighted by atomic mass is 16.1. The molecular weight excluding hydrogens is 230 g/mol. The van der Waals surface area contributed by atoms with Gasteiger partial charge in [-0.3, -0.25) is 4.79 Å². The number of aromatic nitrogens is 3. The Labute approximate surface area is 103 Å². The lowest BCUT2D eigenvalue weighted by Crippen LogP contribution is -2.16. The number of benzene rings is 1. The highest BCUT2D eigenvalue weighted by Gasteiger charge is 2.10. The molecule has 0 unspecified atom stereocenters. The molecule has 0 atom stereocenters. The molecular formula is C12H11N5O. The largest absolute Gasteiger partial charge is 0.357 e. The van der Waals surface area contributed by atoms with Crippen LogP contribution in [0.5, 0.6) is 0 Å². The molecule has 3 rings (SSSR count). The van der Waals surface area contributed by atoms with E-state index in [1.807, 2.05) is 24.3 Å². The Balaban J connectivity index is 1.75. The maximum atomic E-state index is 11.0. The first-order chi connectivity index (χ1) is 8.81. The maximum absolute atomic E-state index is 11.0. The minimum Gasteiger partial charge on any atom is -0.357 e. The van der Waals surface area contributed by atoms with Gasteiger partial charge in [-0.25, -0.2) is 9.67 Å². The predicted octanol–water partition coefficient (Wildman–Crippen LogP) is 0.693. The number of nitrogens with zero attached hydrogens (tertiary/aromatic N) is 3. The van der Waals surface area contributed by atoms with Crippen LogP contribution in [0.1, 0.15) is 0 Å². The number of nitrogens with one attached hydrogen (secondary N) is 2. The van der Waals surface area contributed by atoms with E-state index >= 15 is 0 Å². The van der Waals surface area contributed by atoms with Crippen LogP contribution in [0.4, 0.5) is 5.69 Å². The molecule has 0 saturated carbocycles. The van der Waals surface area contributed by atoms with Crippen molar-refractivity contribution >= 4 is 11.6 Å². The Morgan fingerprint density at radius 2 is 2.11 bits per heavy atom. The van der Waals surface area contributed by atoms with Gasteiger partial charge in [-0.15, -0.1) is 0 Å². The van der Waals surface area contributed by atoms with Crippen LogP contribution in [0.25, 0.3) is 5.69 Å². The molecule has 0 bridgehead atoms. The van der Waals surface area contributed by atoms with E-state index in [0.717, 1.165) is 17.1 Å². The van der Waals surface area contributed by atoms with Crippen LogP contribution in [-0.4, -0.2) is 27.2 Å². The molecule has 2 aromatic rings. The van der Waals surface area contributed by atoms with E-state index in [1.165, 1.54) is 6.33 Å². The molecule has 0 aliphatic carbocycles. The zero-order valence-corrected chi connectivity index (χ0v) is 9.50. The van der Waals surface area contributed by atoms with Gasteiger partial charge in [0.25, 0.3) is 0 Å². The van der Waals surface area contributed by atoms with Crippen molar-refractivity contribution in [1.82, 2.24) is 20.1 Å². The summed E-state index contributed by atoms with van der Waals surface area (Å²) in [6.07, 6.45) is 4.70. The van der Waals surface area contributed by atoms with Crippen LogP contribution in [0.15, 0.2) is 48.7 Å². The summed E-state index contributed by atoms with van der Waals surface area (Å²) in [4.78, 5) is 14.9. The molecule has 2 N–H and O–H groups in total. The Morgan fingerprint density at radius 3 is 2.72 bits per heavy atom. The third-order valence-electron chi connectivity index (χ3n) is 2.61. The van der Waals surface area contributed by atoms with Crippen molar-refractivity contribution in [2.24, 2.45) is 0 Å². The monoisotopic (exact) mass is 241 g/mol. The molecule has 1 aromatic heterocycles. The van der Waals surface area contributed by atoms with E-state index in [-0.39, 0.29) is 5.91 Å². The number of hydrogen-bond donors (Lipinski definition) is 2. The second-order valence-electron chi connectivity index (χ2n) is 3.90. The highest BCUT2D eigenvalue weighted by molar-refractivity contribution is 5.91. The van der Waals surface area contributed by atoms with E-state index in [1.54, 1.807) is 17.1 Å². The summed E-state index contributed by atoms with van der Waals surface area (Å²) >= 11 is 0. The van der Waals surface area contributed by atoms with Crippen molar-refractivity contribution in [2.75, 3.05) is 11.9 Å². The Hall–Kier alpha value is -2.63. The summed E-state index contributed by atoms with van der Waals surface area (Å²) in [5, 5.41) is 9.93. The molecule has 1 aliphatic heterocycles. The number of amides is 1. The zero-order chi connectivity index (χ0) is 12.4. The van der Waals surface area contributed by atoms with Gasteiger partial charge < -0.3 is 10.6 Å². The van der Waals surface area contributed by atoms with Gasteiger partial charge in [0.1, 0.15) is 12.7 Å². The molecule has 6 heteroatoms. The van der Waals surface area contributed by atoms with Crippen LogP contribution >= 0.6 is 0 Å². The molecule has 1 amide bonds. The number of carbonyl (C=O) groups excluding carboxylic acids is 1. The van der Waals surface area contributed by atoms with Crippen LogP contribution in [0, 0.1) is 0 Å². The number of carbonyl (C=O) groups is 1. The average molecular weight is 241 g/mol. The molecule has 0 radical (unpaired) electrons. The first-order valence-electron chi connectivity index (χ1n) is 5.52. The van der Waals surface area contributed by atoms with Crippen molar-refractivity contribution < 1.29 is 4.79 Å². The first kappa shape index (κ1) is 10.5. The zero-order valence-electron chi connectivity index (χ0n) is 9.50. The van der Waals surface area contributed by atoms with Gasteiger partial charge in [-0.05, 0) is 24.3 Å². The van der Waals surface area contributed by atoms with Gasteiger partial charge in [0.15, 0.2) is 0 Å². The molecule has 18 heavy (non-hydrogen) atoms. The quantitative estimate of drug-likeness (QED) is 0.829. The highest BCUT2D eigenvalue weighted by Crippen LogP contribution is 2.14. The van der Waals surface area contributed by atoms with Gasteiger partial charge in [0, 0.05) is 17.5 Å². The van der Waals surface area contributed by atoms with Crippen molar-refractivity contribution in [3.05, 3.63) is 48.7 Å². The molecule has 1 aliphatic rings. The molecule has 1 aromatic carbocycles. The SMILES string of the molecule is O=C1C=C(Nc2ccc(-n3cncn3)cc2)CN1. The summed E-state index contributed by atoms with van der Waals surface area (Å²) in [5.41, 5.74) is 2.74. The van der Waals surface area contributed by atoms with Gasteiger partial charge in [-0.1, -0.05) is 0 Å². The average Bonchev–Trinajstić information content (AvgIpc) is 3.02. The second-order valence-corrected chi connectivity index (χ2v) is 3.90. The third-order valence-corrected chi connectivity index (χ3v) is 2.61. The van der Waals surface area contributed by atoms with Crippen LogP contribution in [-0.2, 0) is 4.79 Å². The maximum Gasteiger partial charge on any atom is 0.246 e. The third kappa shape index (κ3) is 2.08. The molecule has 0 saturated heterocycles. The van der Waals surface area contributed by atoms with Crippen LogP contribution in [0.3, 0.4) is 0 Å². The predicted molar refractivity (Wildman–Crippen MR) is 66.1 cm³/mol. The lowest BCUT2D eigenvalue weighted by Gasteiger charge is -2.07. The normalized spacial score (nSPS) is 14.2. The Morgan fingerprint density at radius 1 is 1.28 bits per heavy atom. The number of hydrogen-bond acceptors (Lipinski definition) is 4. The van der Waals surface area contributed by atoms with Crippen molar-refractivity contribution in [3.63, 3.8) is 0 Å². The van der Waals surface area contributed by atoms with Crippen molar-refractivity contribution in [2.45, 2.75) is 0 Å². The fourth-order valence-corrected chi connectivity index (χ4v) is 1.75. The Bertz CT molecular complexity index is 585. The first-order valence-corrected chi connectivity index (χ1v) is 5.52. The lowest BCUT2D eigenvalue weighted by molar-refractivity contribution is -0.115. The summed E-state index contributed by atoms with van der Waals surface area (Å²) in [7, 11) is 0. The van der Waals surface area contributed by atoms with Gasteiger partial charge in [0.05, 0.1) is 12.2 Å². The second kappa shape index (κ2) is 4.33. The fourth-order valence-electron chi connectivity index (χ4n) is 1.75. The van der Waals surface area contributed by atoms with E-state index in [2.05, 4.69) is 20.7 Å². The standard InChI is InChI=1S/C12H11N5O/c18-12-5-10(6-14-12)16-9-1-3-11(4-2-9)17-8-13-7-15-17/h1-5,7-8,16H,6H2,(H,14,18). The molecule has 0 spiro atoms.